The highest BCUT2D eigenvalue weighted by atomic mass is 79.9. The Morgan fingerprint density at radius 3 is 2.81 bits per heavy atom. The molecule has 1 aromatic carbocycles. The Balaban J connectivity index is 0.00000220. The molecule has 1 saturated carbocycles. The van der Waals surface area contributed by atoms with E-state index in [4.69, 9.17) is 4.74 Å². The number of para-hydroxylation sites is 1. The van der Waals surface area contributed by atoms with Crippen molar-refractivity contribution in [2.75, 3.05) is 19.7 Å². The largest absolute Gasteiger partial charge is 0.490 e. The molecule has 1 atom stereocenters. The van der Waals surface area contributed by atoms with Crippen LogP contribution < -0.4 is 15.4 Å². The van der Waals surface area contributed by atoms with E-state index in [9.17, 15) is 9.90 Å². The molecule has 21 heavy (non-hydrogen) atoms. The van der Waals surface area contributed by atoms with E-state index < -0.39 is 6.10 Å². The van der Waals surface area contributed by atoms with Crippen molar-refractivity contribution < 1.29 is 14.6 Å². The van der Waals surface area contributed by atoms with Gasteiger partial charge in [0.15, 0.2) is 0 Å². The summed E-state index contributed by atoms with van der Waals surface area (Å²) in [5, 5.41) is 15.6. The Hall–Kier alpha value is -0.820. The number of nitrogens with one attached hydrogen (secondary N) is 2. The molecule has 0 aromatic heterocycles. The lowest BCUT2D eigenvalue weighted by molar-refractivity contribution is -0.120. The van der Waals surface area contributed by atoms with Crippen LogP contribution in [0.1, 0.15) is 12.8 Å². The quantitative estimate of drug-likeness (QED) is 0.640. The van der Waals surface area contributed by atoms with Crippen molar-refractivity contribution in [3.8, 4) is 5.75 Å². The minimum absolute atomic E-state index is 0. The number of carbonyl (C=O) groups excluding carboxylic acids is 1. The lowest BCUT2D eigenvalue weighted by Crippen LogP contribution is -2.40. The number of benzene rings is 1. The zero-order chi connectivity index (χ0) is 14.4. The Labute approximate surface area is 139 Å². The lowest BCUT2D eigenvalue weighted by Gasteiger charge is -2.14. The van der Waals surface area contributed by atoms with Gasteiger partial charge in [0, 0.05) is 12.6 Å². The van der Waals surface area contributed by atoms with Gasteiger partial charge in [-0.3, -0.25) is 4.79 Å². The van der Waals surface area contributed by atoms with Gasteiger partial charge in [0.1, 0.15) is 18.5 Å². The molecule has 1 aliphatic carbocycles. The van der Waals surface area contributed by atoms with Crippen molar-refractivity contribution in [1.29, 1.82) is 0 Å². The predicted octanol–water partition coefficient (Wildman–Crippen LogP) is 1.48. The van der Waals surface area contributed by atoms with Gasteiger partial charge in [-0.2, -0.15) is 0 Å². The second kappa shape index (κ2) is 9.25. The number of ether oxygens (including phenoxy) is 1. The Morgan fingerprint density at radius 2 is 2.14 bits per heavy atom. The fourth-order valence-electron chi connectivity index (χ4n) is 1.63. The van der Waals surface area contributed by atoms with Crippen LogP contribution in [-0.2, 0) is 4.79 Å². The fourth-order valence-corrected chi connectivity index (χ4v) is 2.02. The molecule has 0 heterocycles. The first-order chi connectivity index (χ1) is 9.65. The van der Waals surface area contributed by atoms with Crippen molar-refractivity contribution in [2.24, 2.45) is 0 Å². The average molecular weight is 380 g/mol. The Bertz CT molecular complexity index is 458. The summed E-state index contributed by atoms with van der Waals surface area (Å²) >= 11 is 3.36. The van der Waals surface area contributed by atoms with Gasteiger partial charge >= 0.3 is 0 Å². The molecule has 1 amide bonds. The van der Waals surface area contributed by atoms with Crippen LogP contribution in [0.25, 0.3) is 0 Å². The number of aliphatic hydroxyl groups is 1. The Morgan fingerprint density at radius 1 is 1.43 bits per heavy atom. The van der Waals surface area contributed by atoms with Crippen LogP contribution in [0.4, 0.5) is 0 Å². The molecule has 1 aliphatic rings. The summed E-state index contributed by atoms with van der Waals surface area (Å²) in [5.74, 6) is 0.574. The molecule has 0 saturated heterocycles. The molecule has 1 aromatic rings. The van der Waals surface area contributed by atoms with Crippen LogP contribution in [0.3, 0.4) is 0 Å². The molecule has 0 aliphatic heterocycles. The van der Waals surface area contributed by atoms with Gasteiger partial charge in [0.2, 0.25) is 5.91 Å². The van der Waals surface area contributed by atoms with Gasteiger partial charge in [-0.05, 0) is 40.9 Å². The molecule has 1 fully saturated rings. The summed E-state index contributed by atoms with van der Waals surface area (Å²) in [6.45, 7) is 0.636. The summed E-state index contributed by atoms with van der Waals surface area (Å²) in [4.78, 5) is 11.5. The van der Waals surface area contributed by atoms with E-state index in [2.05, 4.69) is 26.6 Å². The summed E-state index contributed by atoms with van der Waals surface area (Å²) < 4.78 is 6.31. The van der Waals surface area contributed by atoms with Crippen molar-refractivity contribution in [3.05, 3.63) is 28.7 Å². The SMILES string of the molecule is Cl.O=C(CNC1CC1)NCC(O)COc1ccccc1Br. The maximum absolute atomic E-state index is 11.5. The van der Waals surface area contributed by atoms with E-state index in [0.29, 0.717) is 18.3 Å². The third kappa shape index (κ3) is 7.13. The van der Waals surface area contributed by atoms with Crippen molar-refractivity contribution in [1.82, 2.24) is 10.6 Å². The van der Waals surface area contributed by atoms with Crippen LogP contribution in [0.15, 0.2) is 28.7 Å². The van der Waals surface area contributed by atoms with E-state index in [1.165, 1.54) is 0 Å². The summed E-state index contributed by atoms with van der Waals surface area (Å²) in [6, 6.07) is 7.93. The normalized spacial score (nSPS) is 15.0. The second-order valence-corrected chi connectivity index (χ2v) is 5.71. The Kier molecular flexibility index (Phi) is 8.03. The number of rotatable bonds is 8. The zero-order valence-electron chi connectivity index (χ0n) is 11.5. The molecular weight excluding hydrogens is 360 g/mol. The molecule has 0 bridgehead atoms. The highest BCUT2D eigenvalue weighted by Crippen LogP contribution is 2.23. The number of halogens is 2. The van der Waals surface area contributed by atoms with E-state index in [0.717, 1.165) is 17.3 Å². The van der Waals surface area contributed by atoms with E-state index in [1.807, 2.05) is 24.3 Å². The highest BCUT2D eigenvalue weighted by molar-refractivity contribution is 9.10. The molecule has 1 unspecified atom stereocenters. The van der Waals surface area contributed by atoms with Crippen LogP contribution in [0.2, 0.25) is 0 Å². The third-order valence-corrected chi connectivity index (χ3v) is 3.59. The van der Waals surface area contributed by atoms with Crippen molar-refractivity contribution in [3.63, 3.8) is 0 Å². The summed E-state index contributed by atoms with van der Waals surface area (Å²) in [5.41, 5.74) is 0. The molecule has 2 rings (SSSR count). The van der Waals surface area contributed by atoms with Gasteiger partial charge in [-0.1, -0.05) is 12.1 Å². The topological polar surface area (TPSA) is 70.6 Å². The number of amides is 1. The van der Waals surface area contributed by atoms with Crippen molar-refractivity contribution in [2.45, 2.75) is 25.0 Å². The van der Waals surface area contributed by atoms with E-state index >= 15 is 0 Å². The first-order valence-electron chi connectivity index (χ1n) is 6.70. The molecule has 118 valence electrons. The minimum Gasteiger partial charge on any atom is -0.490 e. The second-order valence-electron chi connectivity index (χ2n) is 4.85. The van der Waals surface area contributed by atoms with Crippen LogP contribution in [0.5, 0.6) is 5.75 Å². The molecular formula is C14H20BrClN2O3. The molecule has 0 radical (unpaired) electrons. The number of aliphatic hydroxyl groups excluding tert-OH is 1. The van der Waals surface area contributed by atoms with E-state index in [1.54, 1.807) is 0 Å². The third-order valence-electron chi connectivity index (χ3n) is 2.93. The maximum atomic E-state index is 11.5. The van der Waals surface area contributed by atoms with Crippen LogP contribution in [0, 0.1) is 0 Å². The monoisotopic (exact) mass is 378 g/mol. The zero-order valence-corrected chi connectivity index (χ0v) is 14.0. The highest BCUT2D eigenvalue weighted by Gasteiger charge is 2.21. The summed E-state index contributed by atoms with van der Waals surface area (Å²) in [7, 11) is 0. The molecule has 3 N–H and O–H groups in total. The number of carbonyl (C=O) groups is 1. The van der Waals surface area contributed by atoms with Gasteiger partial charge < -0.3 is 20.5 Å². The molecule has 0 spiro atoms. The van der Waals surface area contributed by atoms with Crippen LogP contribution >= 0.6 is 28.3 Å². The van der Waals surface area contributed by atoms with Crippen LogP contribution in [-0.4, -0.2) is 42.9 Å². The molecule has 5 nitrogen and oxygen atoms in total. The smallest absolute Gasteiger partial charge is 0.234 e. The predicted molar refractivity (Wildman–Crippen MR) is 86.9 cm³/mol. The van der Waals surface area contributed by atoms with E-state index in [-0.39, 0.29) is 31.5 Å². The summed E-state index contributed by atoms with van der Waals surface area (Å²) in [6.07, 6.45) is 1.57. The average Bonchev–Trinajstić information content (AvgIpc) is 3.26. The lowest BCUT2D eigenvalue weighted by atomic mass is 10.3. The first-order valence-corrected chi connectivity index (χ1v) is 7.50. The molecule has 7 heteroatoms. The maximum Gasteiger partial charge on any atom is 0.234 e. The van der Waals surface area contributed by atoms with Crippen molar-refractivity contribution >= 4 is 34.2 Å². The van der Waals surface area contributed by atoms with Gasteiger partial charge in [0.25, 0.3) is 0 Å². The number of hydrogen-bond acceptors (Lipinski definition) is 4. The van der Waals surface area contributed by atoms with Gasteiger partial charge in [0.05, 0.1) is 11.0 Å². The first kappa shape index (κ1) is 18.2. The van der Waals surface area contributed by atoms with Gasteiger partial charge in [-0.25, -0.2) is 0 Å². The standard InChI is InChI=1S/C14H19BrN2O3.ClH/c15-12-3-1-2-4-13(12)20-9-11(18)7-17-14(19)8-16-10-5-6-10;/h1-4,10-11,16,18H,5-9H2,(H,17,19);1H. The fraction of sp³-hybridized carbons (Fsp3) is 0.500. The van der Waals surface area contributed by atoms with Gasteiger partial charge in [-0.15, -0.1) is 12.4 Å². The number of hydrogen-bond donors (Lipinski definition) is 3. The minimum atomic E-state index is -0.730.